The van der Waals surface area contributed by atoms with Crippen LogP contribution in [-0.2, 0) is 9.59 Å². The van der Waals surface area contributed by atoms with E-state index in [2.05, 4.69) is 0 Å². The Morgan fingerprint density at radius 3 is 2.23 bits per heavy atom. The molecule has 4 nitrogen and oxygen atoms in total. The number of carboxylic acid groups (broad SMARTS) is 1. The number of hydrogen-bond donors (Lipinski definition) is 1. The summed E-state index contributed by atoms with van der Waals surface area (Å²) in [5.41, 5.74) is 2.42. The minimum absolute atomic E-state index is 0.101. The molecular weight excluding hydrogens is 280 g/mol. The Morgan fingerprint density at radius 2 is 1.59 bits per heavy atom. The topological polar surface area (TPSA) is 71.4 Å². The van der Waals surface area contributed by atoms with Crippen LogP contribution in [0.2, 0.25) is 0 Å². The van der Waals surface area contributed by atoms with Gasteiger partial charge in [0.15, 0.2) is 5.78 Å². The Labute approximate surface area is 128 Å². The smallest absolute Gasteiger partial charge is 0.372 e. The SMILES string of the molecule is CC(c1ccccc1)c1cccc(C(=O)CC(=O)C(=O)O)c1. The van der Waals surface area contributed by atoms with Crippen molar-refractivity contribution in [2.45, 2.75) is 19.3 Å². The second-order valence-corrected chi connectivity index (χ2v) is 5.09. The highest BCUT2D eigenvalue weighted by atomic mass is 16.4. The zero-order chi connectivity index (χ0) is 16.1. The Balaban J connectivity index is 2.21. The van der Waals surface area contributed by atoms with Crippen LogP contribution in [0.1, 0.15) is 40.7 Å². The summed E-state index contributed by atoms with van der Waals surface area (Å²) in [6.45, 7) is 2.03. The van der Waals surface area contributed by atoms with Gasteiger partial charge in [-0.3, -0.25) is 9.59 Å². The fourth-order valence-corrected chi connectivity index (χ4v) is 2.24. The maximum absolute atomic E-state index is 12.0. The summed E-state index contributed by atoms with van der Waals surface area (Å²) in [5.74, 6) is -3.05. The molecule has 4 heteroatoms. The average molecular weight is 296 g/mol. The Morgan fingerprint density at radius 1 is 0.955 bits per heavy atom. The van der Waals surface area contributed by atoms with Gasteiger partial charge in [0.05, 0.1) is 6.42 Å². The summed E-state index contributed by atoms with van der Waals surface area (Å²) in [4.78, 5) is 33.7. The number of carbonyl (C=O) groups excluding carboxylic acids is 2. The molecule has 0 aliphatic carbocycles. The van der Waals surface area contributed by atoms with Crippen molar-refractivity contribution >= 4 is 17.5 Å². The molecule has 0 fully saturated rings. The molecule has 2 rings (SSSR count). The van der Waals surface area contributed by atoms with Crippen LogP contribution in [0.3, 0.4) is 0 Å². The van der Waals surface area contributed by atoms with E-state index in [0.29, 0.717) is 5.56 Å². The second kappa shape index (κ2) is 6.80. The molecule has 0 saturated heterocycles. The maximum atomic E-state index is 12.0. The normalized spacial score (nSPS) is 11.7. The molecule has 0 aromatic heterocycles. The molecule has 0 saturated carbocycles. The number of aliphatic carboxylic acids is 1. The number of ketones is 2. The molecule has 112 valence electrons. The predicted molar refractivity (Wildman–Crippen MR) is 82.0 cm³/mol. The van der Waals surface area contributed by atoms with Crippen LogP contribution in [0.5, 0.6) is 0 Å². The number of hydrogen-bond acceptors (Lipinski definition) is 3. The molecule has 0 heterocycles. The third-order valence-corrected chi connectivity index (χ3v) is 3.57. The van der Waals surface area contributed by atoms with Gasteiger partial charge in [0.2, 0.25) is 5.78 Å². The van der Waals surface area contributed by atoms with Crippen molar-refractivity contribution in [1.82, 2.24) is 0 Å². The van der Waals surface area contributed by atoms with E-state index in [1.54, 1.807) is 18.2 Å². The third-order valence-electron chi connectivity index (χ3n) is 3.57. The van der Waals surface area contributed by atoms with Gasteiger partial charge in [-0.25, -0.2) is 4.79 Å². The summed E-state index contributed by atoms with van der Waals surface area (Å²) in [7, 11) is 0. The Hall–Kier alpha value is -2.75. The second-order valence-electron chi connectivity index (χ2n) is 5.09. The molecule has 2 aromatic carbocycles. The van der Waals surface area contributed by atoms with Gasteiger partial charge < -0.3 is 5.11 Å². The standard InChI is InChI=1S/C18H16O4/c1-12(13-6-3-2-4-7-13)14-8-5-9-15(10-14)16(19)11-17(20)18(21)22/h2-10,12H,11H2,1H3,(H,21,22). The summed E-state index contributed by atoms with van der Waals surface area (Å²) in [6, 6.07) is 16.8. The van der Waals surface area contributed by atoms with Crippen LogP contribution in [0, 0.1) is 0 Å². The summed E-state index contributed by atoms with van der Waals surface area (Å²) in [6.07, 6.45) is -0.613. The highest BCUT2D eigenvalue weighted by Gasteiger charge is 2.18. The van der Waals surface area contributed by atoms with E-state index in [9.17, 15) is 14.4 Å². The zero-order valence-corrected chi connectivity index (χ0v) is 12.2. The lowest BCUT2D eigenvalue weighted by Gasteiger charge is -2.13. The molecule has 1 atom stereocenters. The van der Waals surface area contributed by atoms with Gasteiger partial charge in [0, 0.05) is 11.5 Å². The number of rotatable bonds is 6. The lowest BCUT2D eigenvalue weighted by Crippen LogP contribution is -2.17. The Bertz CT molecular complexity index is 704. The number of benzene rings is 2. The quantitative estimate of drug-likeness (QED) is 0.505. The van der Waals surface area contributed by atoms with Crippen molar-refractivity contribution in [3.63, 3.8) is 0 Å². The van der Waals surface area contributed by atoms with Crippen LogP contribution >= 0.6 is 0 Å². The largest absolute Gasteiger partial charge is 0.475 e. The van der Waals surface area contributed by atoms with Crippen LogP contribution in [0.25, 0.3) is 0 Å². The minimum atomic E-state index is -1.58. The van der Waals surface area contributed by atoms with Crippen molar-refractivity contribution in [1.29, 1.82) is 0 Å². The minimum Gasteiger partial charge on any atom is -0.475 e. The van der Waals surface area contributed by atoms with Crippen molar-refractivity contribution in [2.75, 3.05) is 0 Å². The van der Waals surface area contributed by atoms with Gasteiger partial charge in [-0.2, -0.15) is 0 Å². The molecule has 0 amide bonds. The molecule has 22 heavy (non-hydrogen) atoms. The fourth-order valence-electron chi connectivity index (χ4n) is 2.24. The van der Waals surface area contributed by atoms with Gasteiger partial charge in [-0.05, 0) is 17.2 Å². The first-order valence-electron chi connectivity index (χ1n) is 6.93. The molecular formula is C18H16O4. The van der Waals surface area contributed by atoms with Crippen LogP contribution in [0.15, 0.2) is 54.6 Å². The van der Waals surface area contributed by atoms with E-state index in [1.165, 1.54) is 0 Å². The van der Waals surface area contributed by atoms with E-state index in [4.69, 9.17) is 5.11 Å². The molecule has 0 aliphatic heterocycles. The van der Waals surface area contributed by atoms with E-state index >= 15 is 0 Å². The summed E-state index contributed by atoms with van der Waals surface area (Å²) >= 11 is 0. The van der Waals surface area contributed by atoms with Gasteiger partial charge in [0.1, 0.15) is 0 Å². The lowest BCUT2D eigenvalue weighted by atomic mass is 9.91. The zero-order valence-electron chi connectivity index (χ0n) is 12.2. The predicted octanol–water partition coefficient (Wildman–Crippen LogP) is 3.06. The van der Waals surface area contributed by atoms with Gasteiger partial charge >= 0.3 is 5.97 Å². The molecule has 0 radical (unpaired) electrons. The van der Waals surface area contributed by atoms with E-state index in [1.807, 2.05) is 43.3 Å². The van der Waals surface area contributed by atoms with Crippen molar-refractivity contribution in [3.8, 4) is 0 Å². The monoisotopic (exact) mass is 296 g/mol. The first-order valence-corrected chi connectivity index (χ1v) is 6.93. The summed E-state index contributed by atoms with van der Waals surface area (Å²) in [5, 5.41) is 8.57. The molecule has 1 N–H and O–H groups in total. The van der Waals surface area contributed by atoms with E-state index in [-0.39, 0.29) is 5.92 Å². The third kappa shape index (κ3) is 3.67. The first-order chi connectivity index (χ1) is 10.5. The molecule has 0 bridgehead atoms. The number of Topliss-reactive ketones (excluding diaryl/α,β-unsaturated/α-hetero) is 2. The van der Waals surface area contributed by atoms with Crippen molar-refractivity contribution in [2.24, 2.45) is 0 Å². The van der Waals surface area contributed by atoms with Crippen LogP contribution in [0.4, 0.5) is 0 Å². The molecule has 2 aromatic rings. The first kappa shape index (κ1) is 15.6. The van der Waals surface area contributed by atoms with Crippen molar-refractivity contribution in [3.05, 3.63) is 71.3 Å². The maximum Gasteiger partial charge on any atom is 0.372 e. The van der Waals surface area contributed by atoms with Gasteiger partial charge in [0.25, 0.3) is 0 Å². The average Bonchev–Trinajstić information content (AvgIpc) is 2.55. The highest BCUT2D eigenvalue weighted by molar-refractivity contribution is 6.37. The van der Waals surface area contributed by atoms with Crippen LogP contribution < -0.4 is 0 Å². The molecule has 1 unspecified atom stereocenters. The highest BCUT2D eigenvalue weighted by Crippen LogP contribution is 2.24. The number of carboxylic acids is 1. The fraction of sp³-hybridized carbons (Fsp3) is 0.167. The van der Waals surface area contributed by atoms with E-state index in [0.717, 1.165) is 11.1 Å². The van der Waals surface area contributed by atoms with Crippen LogP contribution in [-0.4, -0.2) is 22.6 Å². The van der Waals surface area contributed by atoms with E-state index < -0.39 is 24.0 Å². The van der Waals surface area contributed by atoms with Crippen molar-refractivity contribution < 1.29 is 19.5 Å². The number of carbonyl (C=O) groups is 3. The Kier molecular flexibility index (Phi) is 4.84. The van der Waals surface area contributed by atoms with Gasteiger partial charge in [-0.15, -0.1) is 0 Å². The molecule has 0 aliphatic rings. The lowest BCUT2D eigenvalue weighted by molar-refractivity contribution is -0.148. The molecule has 0 spiro atoms. The summed E-state index contributed by atoms with van der Waals surface area (Å²) < 4.78 is 0. The van der Waals surface area contributed by atoms with Gasteiger partial charge in [-0.1, -0.05) is 55.5 Å².